The Morgan fingerprint density at radius 2 is 2.05 bits per heavy atom. The van der Waals surface area contributed by atoms with E-state index >= 15 is 0 Å². The predicted octanol–water partition coefficient (Wildman–Crippen LogP) is 2.51. The van der Waals surface area contributed by atoms with E-state index in [2.05, 4.69) is 4.72 Å². The van der Waals surface area contributed by atoms with Gasteiger partial charge in [-0.2, -0.15) is 0 Å². The van der Waals surface area contributed by atoms with E-state index in [4.69, 9.17) is 11.6 Å². The van der Waals surface area contributed by atoms with Gasteiger partial charge >= 0.3 is 0 Å². The Labute approximate surface area is 132 Å². The minimum absolute atomic E-state index is 0.0398. The van der Waals surface area contributed by atoms with E-state index in [9.17, 15) is 13.5 Å². The monoisotopic (exact) mass is 343 g/mol. The van der Waals surface area contributed by atoms with Crippen LogP contribution < -0.4 is 4.72 Å². The molecule has 0 saturated carbocycles. The van der Waals surface area contributed by atoms with Gasteiger partial charge in [0, 0.05) is 6.54 Å². The number of nitrogens with one attached hydrogen (secondary N) is 1. The first-order valence-electron chi connectivity index (χ1n) is 6.46. The van der Waals surface area contributed by atoms with Gasteiger partial charge in [0.15, 0.2) is 0 Å². The summed E-state index contributed by atoms with van der Waals surface area (Å²) in [4.78, 5) is 0. The number of fused-ring (bicyclic) bond motifs is 1. The molecule has 0 spiro atoms. The highest BCUT2D eigenvalue weighted by molar-refractivity contribution is 7.91. The number of rotatable bonds is 4. The molecule has 2 aromatic rings. The van der Waals surface area contributed by atoms with Crippen LogP contribution in [-0.4, -0.2) is 20.1 Å². The third-order valence-electron chi connectivity index (χ3n) is 3.69. The van der Waals surface area contributed by atoms with E-state index < -0.39 is 15.6 Å². The topological polar surface area (TPSA) is 66.4 Å². The fraction of sp³-hybridized carbons (Fsp3) is 0.286. The summed E-state index contributed by atoms with van der Waals surface area (Å²) in [6, 6.07) is 10.6. The van der Waals surface area contributed by atoms with Gasteiger partial charge in [-0.15, -0.1) is 11.3 Å². The van der Waals surface area contributed by atoms with Crippen molar-refractivity contribution in [1.29, 1.82) is 0 Å². The number of sulfonamides is 1. The van der Waals surface area contributed by atoms with Gasteiger partial charge in [0.05, 0.1) is 4.34 Å². The molecule has 1 heterocycles. The molecule has 1 aliphatic carbocycles. The number of benzene rings is 1. The molecule has 0 unspecified atom stereocenters. The summed E-state index contributed by atoms with van der Waals surface area (Å²) in [5.41, 5.74) is 0.723. The first-order valence-corrected chi connectivity index (χ1v) is 9.14. The van der Waals surface area contributed by atoms with Crippen LogP contribution in [-0.2, 0) is 22.0 Å². The van der Waals surface area contributed by atoms with Crippen LogP contribution in [0, 0.1) is 0 Å². The summed E-state index contributed by atoms with van der Waals surface area (Å²) in [5, 5.41) is 10.7. The lowest BCUT2D eigenvalue weighted by atomic mass is 9.96. The van der Waals surface area contributed by atoms with E-state index in [0.717, 1.165) is 28.9 Å². The molecule has 112 valence electrons. The van der Waals surface area contributed by atoms with Crippen LogP contribution in [0.5, 0.6) is 0 Å². The zero-order valence-electron chi connectivity index (χ0n) is 11.0. The van der Waals surface area contributed by atoms with Crippen molar-refractivity contribution in [2.45, 2.75) is 22.7 Å². The zero-order valence-corrected chi connectivity index (χ0v) is 13.4. The molecule has 0 saturated heterocycles. The fourth-order valence-corrected chi connectivity index (χ4v) is 5.20. The quantitative estimate of drug-likeness (QED) is 0.896. The van der Waals surface area contributed by atoms with Crippen molar-refractivity contribution in [2.75, 3.05) is 6.54 Å². The molecule has 1 aliphatic rings. The van der Waals surface area contributed by atoms with Crippen molar-refractivity contribution >= 4 is 33.0 Å². The van der Waals surface area contributed by atoms with Crippen LogP contribution in [0.4, 0.5) is 0 Å². The third kappa shape index (κ3) is 2.86. The van der Waals surface area contributed by atoms with Gasteiger partial charge in [-0.3, -0.25) is 0 Å². The lowest BCUT2D eigenvalue weighted by Crippen LogP contribution is -2.39. The molecule has 7 heteroatoms. The molecule has 4 nitrogen and oxygen atoms in total. The lowest BCUT2D eigenvalue weighted by molar-refractivity contribution is 0.0442. The lowest BCUT2D eigenvalue weighted by Gasteiger charge is -2.24. The van der Waals surface area contributed by atoms with Gasteiger partial charge in [0.1, 0.15) is 9.81 Å². The highest BCUT2D eigenvalue weighted by Gasteiger charge is 2.37. The van der Waals surface area contributed by atoms with E-state index in [-0.39, 0.29) is 10.8 Å². The van der Waals surface area contributed by atoms with Crippen molar-refractivity contribution < 1.29 is 13.5 Å². The average molecular weight is 344 g/mol. The maximum Gasteiger partial charge on any atom is 0.250 e. The van der Waals surface area contributed by atoms with Crippen LogP contribution in [0.3, 0.4) is 0 Å². The Kier molecular flexibility index (Phi) is 3.83. The summed E-state index contributed by atoms with van der Waals surface area (Å²) in [6.07, 6.45) is 1.26. The fourth-order valence-electron chi connectivity index (χ4n) is 2.58. The Morgan fingerprint density at radius 3 is 2.76 bits per heavy atom. The van der Waals surface area contributed by atoms with Crippen LogP contribution in [0.1, 0.15) is 17.5 Å². The standard InChI is InChI=1S/C14H14ClNO3S2/c15-12-5-6-13(20-12)21(18,19)16-9-14(17)8-7-10-3-1-2-4-11(10)14/h1-6,16-17H,7-9H2/t14-/m0/s1. The normalized spacial score (nSPS) is 21.4. The first-order chi connectivity index (χ1) is 9.91. The third-order valence-corrected chi connectivity index (χ3v) is 6.82. The molecule has 1 aromatic carbocycles. The van der Waals surface area contributed by atoms with Crippen molar-refractivity contribution in [2.24, 2.45) is 0 Å². The maximum atomic E-state index is 12.2. The molecular weight excluding hydrogens is 330 g/mol. The Bertz CT molecular complexity index is 772. The highest BCUT2D eigenvalue weighted by Crippen LogP contribution is 2.36. The second-order valence-corrected chi connectivity index (χ2v) is 8.78. The van der Waals surface area contributed by atoms with Gasteiger partial charge < -0.3 is 5.11 Å². The first kappa shape index (κ1) is 15.0. The molecule has 1 atom stereocenters. The van der Waals surface area contributed by atoms with Crippen LogP contribution >= 0.6 is 22.9 Å². The SMILES string of the molecule is O=S(=O)(NC[C@@]1(O)CCc2ccccc21)c1ccc(Cl)s1. The number of aryl methyl sites for hydroxylation is 1. The van der Waals surface area contributed by atoms with E-state index in [1.54, 1.807) is 6.07 Å². The van der Waals surface area contributed by atoms with Crippen molar-refractivity contribution in [3.63, 3.8) is 0 Å². The minimum Gasteiger partial charge on any atom is -0.384 e. The Morgan fingerprint density at radius 1 is 1.29 bits per heavy atom. The molecule has 1 aromatic heterocycles. The molecule has 0 bridgehead atoms. The summed E-state index contributed by atoms with van der Waals surface area (Å²) < 4.78 is 27.4. The van der Waals surface area contributed by atoms with Crippen LogP contribution in [0.2, 0.25) is 4.34 Å². The summed E-state index contributed by atoms with van der Waals surface area (Å²) >= 11 is 6.76. The Balaban J connectivity index is 1.79. The second kappa shape index (κ2) is 5.37. The molecule has 0 radical (unpaired) electrons. The van der Waals surface area contributed by atoms with Crippen molar-refractivity contribution in [3.05, 3.63) is 51.9 Å². The number of halogens is 1. The molecule has 2 N–H and O–H groups in total. The zero-order chi connectivity index (χ0) is 15.1. The highest BCUT2D eigenvalue weighted by atomic mass is 35.5. The maximum absolute atomic E-state index is 12.2. The number of hydrogen-bond donors (Lipinski definition) is 2. The van der Waals surface area contributed by atoms with E-state index in [0.29, 0.717) is 10.8 Å². The molecule has 0 aliphatic heterocycles. The number of hydrogen-bond acceptors (Lipinski definition) is 4. The Hall–Kier alpha value is -0.920. The smallest absolute Gasteiger partial charge is 0.250 e. The largest absolute Gasteiger partial charge is 0.384 e. The predicted molar refractivity (Wildman–Crippen MR) is 83.2 cm³/mol. The minimum atomic E-state index is -3.64. The second-order valence-electron chi connectivity index (χ2n) is 5.07. The van der Waals surface area contributed by atoms with Crippen LogP contribution in [0.15, 0.2) is 40.6 Å². The molecule has 0 fully saturated rings. The summed E-state index contributed by atoms with van der Waals surface area (Å²) in [5.74, 6) is 0. The number of thiophene rings is 1. The molecule has 3 rings (SSSR count). The van der Waals surface area contributed by atoms with Gasteiger partial charge in [-0.25, -0.2) is 13.1 Å². The van der Waals surface area contributed by atoms with Gasteiger partial charge in [0.25, 0.3) is 0 Å². The van der Waals surface area contributed by atoms with E-state index in [1.807, 2.05) is 24.3 Å². The van der Waals surface area contributed by atoms with Gasteiger partial charge in [-0.05, 0) is 36.1 Å². The van der Waals surface area contributed by atoms with Gasteiger partial charge in [-0.1, -0.05) is 35.9 Å². The van der Waals surface area contributed by atoms with Crippen LogP contribution in [0.25, 0.3) is 0 Å². The van der Waals surface area contributed by atoms with Gasteiger partial charge in [0.2, 0.25) is 10.0 Å². The van der Waals surface area contributed by atoms with Crippen molar-refractivity contribution in [1.82, 2.24) is 4.72 Å². The van der Waals surface area contributed by atoms with E-state index in [1.165, 1.54) is 6.07 Å². The molecule has 21 heavy (non-hydrogen) atoms. The van der Waals surface area contributed by atoms with Crippen molar-refractivity contribution in [3.8, 4) is 0 Å². The number of aliphatic hydroxyl groups is 1. The molecule has 0 amide bonds. The summed E-state index contributed by atoms with van der Waals surface area (Å²) in [6.45, 7) is -0.0398. The average Bonchev–Trinajstić information content (AvgIpc) is 3.04. The molecular formula is C14H14ClNO3S2. The summed E-state index contributed by atoms with van der Waals surface area (Å²) in [7, 11) is -3.64.